The average Bonchev–Trinajstić information content (AvgIpc) is 2.55. The second kappa shape index (κ2) is 9.11. The Morgan fingerprint density at radius 3 is 2.71 bits per heavy atom. The molecule has 2 rings (SSSR count). The van der Waals surface area contributed by atoms with Gasteiger partial charge in [0.15, 0.2) is 0 Å². The van der Waals surface area contributed by atoms with Gasteiger partial charge in [0.25, 0.3) is 0 Å². The lowest BCUT2D eigenvalue weighted by Gasteiger charge is -2.30. The number of rotatable bonds is 7. The van der Waals surface area contributed by atoms with Gasteiger partial charge in [0.05, 0.1) is 19.3 Å². The first kappa shape index (κ1) is 18.8. The van der Waals surface area contributed by atoms with Crippen molar-refractivity contribution in [3.05, 3.63) is 35.6 Å². The summed E-state index contributed by atoms with van der Waals surface area (Å²) in [5.41, 5.74) is 0.549. The van der Waals surface area contributed by atoms with Gasteiger partial charge in [0.2, 0.25) is 5.91 Å². The van der Waals surface area contributed by atoms with E-state index in [9.17, 15) is 14.3 Å². The molecule has 1 aromatic rings. The molecule has 0 radical (unpaired) electrons. The van der Waals surface area contributed by atoms with Gasteiger partial charge >= 0.3 is 0 Å². The number of morpholine rings is 1. The van der Waals surface area contributed by atoms with E-state index in [4.69, 9.17) is 4.74 Å². The van der Waals surface area contributed by atoms with Gasteiger partial charge in [0.1, 0.15) is 5.82 Å². The van der Waals surface area contributed by atoms with Crippen molar-refractivity contribution in [2.45, 2.75) is 25.4 Å². The monoisotopic (exact) mass is 338 g/mol. The number of amides is 1. The fourth-order valence-electron chi connectivity index (χ4n) is 2.96. The fraction of sp³-hybridized carbons (Fsp3) is 0.611. The molecule has 0 spiro atoms. The zero-order chi connectivity index (χ0) is 17.5. The van der Waals surface area contributed by atoms with Crippen molar-refractivity contribution in [3.8, 4) is 0 Å². The number of carbonyl (C=O) groups excluding carboxylic acids is 1. The van der Waals surface area contributed by atoms with Gasteiger partial charge < -0.3 is 14.7 Å². The van der Waals surface area contributed by atoms with E-state index in [0.29, 0.717) is 25.3 Å². The highest BCUT2D eigenvalue weighted by Gasteiger charge is 2.21. The lowest BCUT2D eigenvalue weighted by atomic mass is 9.96. The molecule has 0 bridgehead atoms. The molecule has 1 amide bonds. The van der Waals surface area contributed by atoms with Crippen LogP contribution >= 0.6 is 0 Å². The minimum Gasteiger partial charge on any atom is -0.390 e. The molecule has 2 unspecified atom stereocenters. The summed E-state index contributed by atoms with van der Waals surface area (Å²) < 4.78 is 19.1. The molecule has 1 aromatic carbocycles. The molecule has 0 aromatic heterocycles. The molecule has 1 aliphatic heterocycles. The van der Waals surface area contributed by atoms with Gasteiger partial charge in [-0.05, 0) is 17.5 Å². The normalized spacial score (nSPS) is 18.2. The summed E-state index contributed by atoms with van der Waals surface area (Å²) in [4.78, 5) is 16.0. The van der Waals surface area contributed by atoms with Crippen LogP contribution in [0.5, 0.6) is 0 Å². The SMILES string of the molecule is CC(CC(=O)N(C)CC(O)CN1CCOCC1)c1ccccc1F. The van der Waals surface area contributed by atoms with Crippen molar-refractivity contribution in [2.75, 3.05) is 46.4 Å². The summed E-state index contributed by atoms with van der Waals surface area (Å²) >= 11 is 0. The van der Waals surface area contributed by atoms with Crippen LogP contribution in [0.3, 0.4) is 0 Å². The van der Waals surface area contributed by atoms with Crippen LogP contribution in [0.15, 0.2) is 24.3 Å². The smallest absolute Gasteiger partial charge is 0.223 e. The molecule has 24 heavy (non-hydrogen) atoms. The topological polar surface area (TPSA) is 53.0 Å². The van der Waals surface area contributed by atoms with Crippen LogP contribution in [0.1, 0.15) is 24.8 Å². The van der Waals surface area contributed by atoms with E-state index < -0.39 is 6.10 Å². The van der Waals surface area contributed by atoms with Gasteiger partial charge in [-0.25, -0.2) is 4.39 Å². The maximum Gasteiger partial charge on any atom is 0.223 e. The van der Waals surface area contributed by atoms with Crippen molar-refractivity contribution in [2.24, 2.45) is 0 Å². The number of ether oxygens (including phenoxy) is 1. The number of benzene rings is 1. The van der Waals surface area contributed by atoms with E-state index in [1.54, 1.807) is 25.2 Å². The van der Waals surface area contributed by atoms with Crippen LogP contribution in [0.2, 0.25) is 0 Å². The van der Waals surface area contributed by atoms with E-state index in [-0.39, 0.29) is 30.6 Å². The predicted molar refractivity (Wildman–Crippen MR) is 90.3 cm³/mol. The van der Waals surface area contributed by atoms with Crippen molar-refractivity contribution in [3.63, 3.8) is 0 Å². The zero-order valence-corrected chi connectivity index (χ0v) is 14.4. The van der Waals surface area contributed by atoms with Crippen LogP contribution in [0.4, 0.5) is 4.39 Å². The van der Waals surface area contributed by atoms with Crippen LogP contribution < -0.4 is 0 Å². The summed E-state index contributed by atoms with van der Waals surface area (Å²) in [6, 6.07) is 6.53. The number of likely N-dealkylation sites (N-methyl/N-ethyl adjacent to an activating group) is 1. The molecule has 1 heterocycles. The van der Waals surface area contributed by atoms with Crippen LogP contribution in [0.25, 0.3) is 0 Å². The first-order chi connectivity index (χ1) is 11.5. The second-order valence-corrected chi connectivity index (χ2v) is 6.47. The van der Waals surface area contributed by atoms with Gasteiger partial charge in [-0.15, -0.1) is 0 Å². The number of hydrogen-bond acceptors (Lipinski definition) is 4. The minimum atomic E-state index is -0.596. The quantitative estimate of drug-likeness (QED) is 0.818. The molecule has 0 saturated carbocycles. The van der Waals surface area contributed by atoms with Crippen LogP contribution in [-0.4, -0.2) is 73.4 Å². The van der Waals surface area contributed by atoms with Crippen LogP contribution in [-0.2, 0) is 9.53 Å². The molecular formula is C18H27FN2O3. The van der Waals surface area contributed by atoms with E-state index in [1.807, 2.05) is 6.92 Å². The molecule has 1 fully saturated rings. The van der Waals surface area contributed by atoms with Crippen LogP contribution in [0, 0.1) is 5.82 Å². The summed E-state index contributed by atoms with van der Waals surface area (Å²) in [7, 11) is 1.68. The first-order valence-electron chi connectivity index (χ1n) is 8.44. The number of β-amino-alcohol motifs (C(OH)–C–C–N with tert-alkyl or cyclic N) is 1. The molecular weight excluding hydrogens is 311 g/mol. The highest BCUT2D eigenvalue weighted by Crippen LogP contribution is 2.22. The number of carbonyl (C=O) groups is 1. The molecule has 1 saturated heterocycles. The maximum absolute atomic E-state index is 13.8. The molecule has 6 heteroatoms. The third-order valence-corrected chi connectivity index (χ3v) is 4.40. The van der Waals surface area contributed by atoms with E-state index >= 15 is 0 Å². The molecule has 134 valence electrons. The number of aliphatic hydroxyl groups is 1. The fourth-order valence-corrected chi connectivity index (χ4v) is 2.96. The zero-order valence-electron chi connectivity index (χ0n) is 14.4. The van der Waals surface area contributed by atoms with E-state index in [1.165, 1.54) is 11.0 Å². The molecule has 0 aliphatic carbocycles. The summed E-state index contributed by atoms with van der Waals surface area (Å²) in [6.07, 6.45) is -0.373. The Bertz CT molecular complexity index is 535. The minimum absolute atomic E-state index is 0.0909. The number of nitrogens with zero attached hydrogens (tertiary/aromatic N) is 2. The Labute approximate surface area is 143 Å². The van der Waals surface area contributed by atoms with Crippen molar-refractivity contribution < 1.29 is 19.0 Å². The standard InChI is InChI=1S/C18H27FN2O3/c1-14(16-5-3-4-6-17(16)19)11-18(23)20(2)12-15(22)13-21-7-9-24-10-8-21/h3-6,14-15,22H,7-13H2,1-2H3. The van der Waals surface area contributed by atoms with Crippen molar-refractivity contribution >= 4 is 5.91 Å². The van der Waals surface area contributed by atoms with Gasteiger partial charge in [-0.2, -0.15) is 0 Å². The van der Waals surface area contributed by atoms with Crippen molar-refractivity contribution in [1.29, 1.82) is 0 Å². The molecule has 1 N–H and O–H groups in total. The summed E-state index contributed by atoms with van der Waals surface area (Å²) in [5.74, 6) is -0.572. The molecule has 5 nitrogen and oxygen atoms in total. The summed E-state index contributed by atoms with van der Waals surface area (Å²) in [6.45, 7) is 5.62. The Kier molecular flexibility index (Phi) is 7.15. The predicted octanol–water partition coefficient (Wildman–Crippen LogP) is 1.47. The Balaban J connectivity index is 1.79. The van der Waals surface area contributed by atoms with Gasteiger partial charge in [-0.3, -0.25) is 9.69 Å². The van der Waals surface area contributed by atoms with E-state index in [2.05, 4.69) is 4.90 Å². The molecule has 2 atom stereocenters. The third kappa shape index (κ3) is 5.54. The van der Waals surface area contributed by atoms with Crippen molar-refractivity contribution in [1.82, 2.24) is 9.80 Å². The number of hydrogen-bond donors (Lipinski definition) is 1. The highest BCUT2D eigenvalue weighted by molar-refractivity contribution is 5.76. The Hall–Kier alpha value is -1.50. The Morgan fingerprint density at radius 2 is 2.04 bits per heavy atom. The number of halogens is 1. The lowest BCUT2D eigenvalue weighted by Crippen LogP contribution is -2.45. The number of aliphatic hydroxyl groups excluding tert-OH is 1. The highest BCUT2D eigenvalue weighted by atomic mass is 19.1. The Morgan fingerprint density at radius 1 is 1.38 bits per heavy atom. The molecule has 1 aliphatic rings. The third-order valence-electron chi connectivity index (χ3n) is 4.40. The lowest BCUT2D eigenvalue weighted by molar-refractivity contribution is -0.131. The largest absolute Gasteiger partial charge is 0.390 e. The summed E-state index contributed by atoms with van der Waals surface area (Å²) in [5, 5.41) is 10.2. The second-order valence-electron chi connectivity index (χ2n) is 6.47. The average molecular weight is 338 g/mol. The van der Waals surface area contributed by atoms with Gasteiger partial charge in [0, 0.05) is 39.6 Å². The van der Waals surface area contributed by atoms with E-state index in [0.717, 1.165) is 13.1 Å². The maximum atomic E-state index is 13.8. The first-order valence-corrected chi connectivity index (χ1v) is 8.44. The van der Waals surface area contributed by atoms with Gasteiger partial charge in [-0.1, -0.05) is 25.1 Å².